The van der Waals surface area contributed by atoms with Crippen LogP contribution in [0.1, 0.15) is 68.9 Å². The number of nitrogens with zero attached hydrogens (tertiary/aromatic N) is 1. The van der Waals surface area contributed by atoms with Gasteiger partial charge in [-0.05, 0) is 55.6 Å². The molecule has 0 unspecified atom stereocenters. The normalized spacial score (nSPS) is 21.1. The molecule has 0 amide bonds. The average Bonchev–Trinajstić information content (AvgIpc) is 2.54. The third kappa shape index (κ3) is 4.95. The lowest BCUT2D eigenvalue weighted by molar-refractivity contribution is 0.384. The summed E-state index contributed by atoms with van der Waals surface area (Å²) in [6, 6.07) is 11.2. The van der Waals surface area contributed by atoms with Crippen molar-refractivity contribution in [3.05, 3.63) is 35.4 Å². The molecule has 1 saturated carbocycles. The molecule has 1 aliphatic carbocycles. The quantitative estimate of drug-likeness (QED) is 0.535. The van der Waals surface area contributed by atoms with E-state index in [1.165, 1.54) is 49.7 Å². The zero-order valence-corrected chi connectivity index (χ0v) is 13.1. The van der Waals surface area contributed by atoms with Crippen molar-refractivity contribution in [2.24, 2.45) is 5.92 Å². The van der Waals surface area contributed by atoms with Gasteiger partial charge in [0.1, 0.15) is 0 Å². The van der Waals surface area contributed by atoms with E-state index in [1.807, 2.05) is 6.07 Å². The minimum absolute atomic E-state index is 0.439. The summed E-state index contributed by atoms with van der Waals surface area (Å²) in [4.78, 5) is 0. The summed E-state index contributed by atoms with van der Waals surface area (Å²) in [5.41, 5.74) is 2.96. The molecular weight excluding hydrogens is 254 g/mol. The molecule has 1 nitrogen and oxygen atoms in total. The Bertz CT molecular complexity index is 516. The van der Waals surface area contributed by atoms with E-state index in [0.29, 0.717) is 11.8 Å². The Morgan fingerprint density at radius 2 is 1.76 bits per heavy atom. The van der Waals surface area contributed by atoms with Crippen LogP contribution in [0.3, 0.4) is 0 Å². The summed E-state index contributed by atoms with van der Waals surface area (Å²) >= 11 is 0. The van der Waals surface area contributed by atoms with Gasteiger partial charge in [0.15, 0.2) is 6.07 Å². The largest absolute Gasteiger partial charge is 0.183 e. The van der Waals surface area contributed by atoms with Gasteiger partial charge in [0, 0.05) is 11.8 Å². The van der Waals surface area contributed by atoms with Gasteiger partial charge in [0.25, 0.3) is 0 Å². The highest BCUT2D eigenvalue weighted by Crippen LogP contribution is 2.35. The monoisotopic (exact) mass is 279 g/mol. The Morgan fingerprint density at radius 3 is 2.38 bits per heavy atom. The van der Waals surface area contributed by atoms with Gasteiger partial charge in [0.2, 0.25) is 0 Å². The maximum absolute atomic E-state index is 8.51. The van der Waals surface area contributed by atoms with Gasteiger partial charge in [-0.15, -0.1) is 0 Å². The second-order valence-corrected chi connectivity index (χ2v) is 6.13. The topological polar surface area (TPSA) is 23.8 Å². The fourth-order valence-electron chi connectivity index (χ4n) is 3.24. The third-order valence-corrected chi connectivity index (χ3v) is 4.58. The van der Waals surface area contributed by atoms with Crippen molar-refractivity contribution in [2.45, 2.75) is 64.2 Å². The van der Waals surface area contributed by atoms with Crippen LogP contribution >= 0.6 is 0 Å². The van der Waals surface area contributed by atoms with Crippen molar-refractivity contribution in [1.29, 1.82) is 5.26 Å². The molecule has 0 spiro atoms. The Labute approximate surface area is 129 Å². The van der Waals surface area contributed by atoms with E-state index in [0.717, 1.165) is 12.8 Å². The fourth-order valence-corrected chi connectivity index (χ4v) is 3.24. The van der Waals surface area contributed by atoms with E-state index in [4.69, 9.17) is 5.26 Å². The molecule has 0 aromatic heterocycles. The molecule has 1 aliphatic rings. The van der Waals surface area contributed by atoms with E-state index in [2.05, 4.69) is 43.0 Å². The van der Waals surface area contributed by atoms with Gasteiger partial charge < -0.3 is 0 Å². The Kier molecular flexibility index (Phi) is 6.36. The smallest absolute Gasteiger partial charge is 0.152 e. The summed E-state index contributed by atoms with van der Waals surface area (Å²) in [5.74, 6) is 6.76. The molecule has 1 fully saturated rings. The van der Waals surface area contributed by atoms with E-state index < -0.39 is 0 Å². The molecule has 0 saturated heterocycles. The van der Waals surface area contributed by atoms with Crippen molar-refractivity contribution in [3.8, 4) is 17.9 Å². The molecule has 1 aromatic rings. The minimum atomic E-state index is 0.439. The van der Waals surface area contributed by atoms with Crippen molar-refractivity contribution in [3.63, 3.8) is 0 Å². The highest BCUT2D eigenvalue weighted by molar-refractivity contribution is 5.26. The van der Waals surface area contributed by atoms with Crippen LogP contribution in [0.25, 0.3) is 0 Å². The molecule has 2 rings (SSSR count). The van der Waals surface area contributed by atoms with Crippen LogP contribution in [0.15, 0.2) is 24.3 Å². The van der Waals surface area contributed by atoms with E-state index in [-0.39, 0.29) is 0 Å². The average molecular weight is 279 g/mol. The highest BCUT2D eigenvalue weighted by Gasteiger charge is 2.21. The molecule has 0 aliphatic heterocycles. The molecule has 1 aromatic carbocycles. The molecule has 0 atom stereocenters. The first kappa shape index (κ1) is 15.7. The zero-order valence-electron chi connectivity index (χ0n) is 13.1. The van der Waals surface area contributed by atoms with Gasteiger partial charge in [-0.2, -0.15) is 5.26 Å². The number of rotatable bonds is 5. The number of hydrogen-bond donors (Lipinski definition) is 0. The van der Waals surface area contributed by atoms with Gasteiger partial charge in [-0.3, -0.25) is 0 Å². The highest BCUT2D eigenvalue weighted by atomic mass is 14.3. The Hall–Kier alpha value is -1.73. The van der Waals surface area contributed by atoms with Crippen molar-refractivity contribution in [2.75, 3.05) is 0 Å². The molecule has 0 radical (unpaired) electrons. The predicted octanol–water partition coefficient (Wildman–Crippen LogP) is 5.22. The third-order valence-electron chi connectivity index (χ3n) is 4.58. The Balaban J connectivity index is 1.85. The lowest BCUT2D eigenvalue weighted by atomic mass is 9.79. The van der Waals surface area contributed by atoms with Crippen molar-refractivity contribution in [1.82, 2.24) is 0 Å². The van der Waals surface area contributed by atoms with Gasteiger partial charge in [-0.25, -0.2) is 0 Å². The molecule has 0 bridgehead atoms. The maximum atomic E-state index is 8.51. The summed E-state index contributed by atoms with van der Waals surface area (Å²) in [6.07, 6.45) is 9.82. The van der Waals surface area contributed by atoms with E-state index in [9.17, 15) is 0 Å². The summed E-state index contributed by atoms with van der Waals surface area (Å²) in [6.45, 7) is 2.25. The van der Waals surface area contributed by atoms with Crippen LogP contribution < -0.4 is 0 Å². The maximum Gasteiger partial charge on any atom is 0.152 e. The van der Waals surface area contributed by atoms with Gasteiger partial charge in [-0.1, -0.05) is 50.0 Å². The lowest BCUT2D eigenvalue weighted by Crippen LogP contribution is -2.12. The standard InChI is InChI=1S/C20H25N/c1-2-3-4-6-17-8-12-19(13-9-17)20-14-10-18(11-15-20)7-5-16-21/h8-9,12-13,18,20H,2-4,6,10-11,14-15H2,1H3. The fraction of sp³-hybridized carbons (Fsp3) is 0.550. The van der Waals surface area contributed by atoms with Crippen LogP contribution in [0, 0.1) is 29.1 Å². The number of hydrogen-bond acceptors (Lipinski definition) is 1. The summed E-state index contributed by atoms with van der Waals surface area (Å²) in [5, 5.41) is 8.51. The number of benzene rings is 1. The van der Waals surface area contributed by atoms with Crippen LogP contribution in [0.4, 0.5) is 0 Å². The van der Waals surface area contributed by atoms with Crippen molar-refractivity contribution >= 4 is 0 Å². The molecule has 1 heteroatoms. The Morgan fingerprint density at radius 1 is 1.05 bits per heavy atom. The van der Waals surface area contributed by atoms with Crippen LogP contribution in [0.2, 0.25) is 0 Å². The van der Waals surface area contributed by atoms with Crippen LogP contribution in [0.5, 0.6) is 0 Å². The van der Waals surface area contributed by atoms with Crippen LogP contribution in [-0.4, -0.2) is 0 Å². The number of aryl methyl sites for hydroxylation is 1. The lowest BCUT2D eigenvalue weighted by Gasteiger charge is -2.26. The predicted molar refractivity (Wildman–Crippen MR) is 87.8 cm³/mol. The van der Waals surface area contributed by atoms with Gasteiger partial charge in [0.05, 0.1) is 0 Å². The van der Waals surface area contributed by atoms with E-state index >= 15 is 0 Å². The minimum Gasteiger partial charge on any atom is -0.183 e. The second kappa shape index (κ2) is 8.53. The molecular formula is C20H25N. The second-order valence-electron chi connectivity index (χ2n) is 6.13. The molecule has 0 heterocycles. The zero-order chi connectivity index (χ0) is 14.9. The first-order chi connectivity index (χ1) is 10.3. The number of unbranched alkanes of at least 4 members (excludes halogenated alkanes) is 2. The van der Waals surface area contributed by atoms with Crippen LogP contribution in [-0.2, 0) is 6.42 Å². The first-order valence-corrected chi connectivity index (χ1v) is 8.32. The molecule has 0 N–H and O–H groups in total. The SMILES string of the molecule is CCCCCc1ccc(C2CCC(C#CC#N)CC2)cc1. The molecule has 21 heavy (non-hydrogen) atoms. The summed E-state index contributed by atoms with van der Waals surface area (Å²) in [7, 11) is 0. The summed E-state index contributed by atoms with van der Waals surface area (Å²) < 4.78 is 0. The first-order valence-electron chi connectivity index (χ1n) is 8.32. The number of nitriles is 1. The van der Waals surface area contributed by atoms with Gasteiger partial charge >= 0.3 is 0 Å². The molecule has 110 valence electrons. The van der Waals surface area contributed by atoms with E-state index in [1.54, 1.807) is 0 Å². The van der Waals surface area contributed by atoms with Crippen molar-refractivity contribution < 1.29 is 0 Å².